The summed E-state index contributed by atoms with van der Waals surface area (Å²) in [6, 6.07) is 8.08. The van der Waals surface area contributed by atoms with Crippen LogP contribution in [-0.2, 0) is 11.3 Å². The van der Waals surface area contributed by atoms with Crippen molar-refractivity contribution in [1.29, 1.82) is 0 Å². The quantitative estimate of drug-likeness (QED) is 0.807. The van der Waals surface area contributed by atoms with E-state index in [0.29, 0.717) is 6.42 Å². The first-order valence-electron chi connectivity index (χ1n) is 7.52. The van der Waals surface area contributed by atoms with Crippen molar-refractivity contribution in [2.24, 2.45) is 5.92 Å². The SMILES string of the molecule is CN1C[C@@H](c2nc3ccccc3n2C[C@@H]2CC2(Cl)Cl)CC1=O. The van der Waals surface area contributed by atoms with Crippen molar-refractivity contribution in [3.8, 4) is 0 Å². The smallest absolute Gasteiger partial charge is 0.223 e. The number of para-hydroxylation sites is 2. The van der Waals surface area contributed by atoms with E-state index in [1.54, 1.807) is 4.90 Å². The van der Waals surface area contributed by atoms with Crippen LogP contribution in [0.5, 0.6) is 0 Å². The van der Waals surface area contributed by atoms with E-state index in [2.05, 4.69) is 10.6 Å². The highest BCUT2D eigenvalue weighted by Gasteiger charge is 2.52. The Morgan fingerprint density at radius 2 is 2.09 bits per heavy atom. The van der Waals surface area contributed by atoms with Gasteiger partial charge in [0.2, 0.25) is 5.91 Å². The maximum atomic E-state index is 11.9. The van der Waals surface area contributed by atoms with Gasteiger partial charge in [-0.3, -0.25) is 4.79 Å². The van der Waals surface area contributed by atoms with Crippen molar-refractivity contribution in [2.45, 2.75) is 29.6 Å². The second-order valence-electron chi connectivity index (χ2n) is 6.41. The van der Waals surface area contributed by atoms with Crippen molar-refractivity contribution >= 4 is 40.1 Å². The molecular formula is C16H17Cl2N3O. The average Bonchev–Trinajstić information content (AvgIpc) is 2.81. The minimum absolute atomic E-state index is 0.142. The number of imidazole rings is 1. The van der Waals surface area contributed by atoms with Crippen LogP contribution in [-0.4, -0.2) is 38.3 Å². The molecule has 0 unspecified atom stereocenters. The number of benzene rings is 1. The van der Waals surface area contributed by atoms with Crippen LogP contribution in [0.4, 0.5) is 0 Å². The van der Waals surface area contributed by atoms with Crippen LogP contribution in [0.25, 0.3) is 11.0 Å². The fourth-order valence-electron chi connectivity index (χ4n) is 3.32. The molecule has 2 aliphatic rings. The third-order valence-corrected chi connectivity index (χ3v) is 5.67. The Morgan fingerprint density at radius 1 is 1.36 bits per heavy atom. The number of carbonyl (C=O) groups is 1. The van der Waals surface area contributed by atoms with Gasteiger partial charge in [0.1, 0.15) is 10.2 Å². The van der Waals surface area contributed by atoms with Gasteiger partial charge in [0, 0.05) is 38.4 Å². The Kier molecular flexibility index (Phi) is 3.17. The van der Waals surface area contributed by atoms with Gasteiger partial charge in [-0.25, -0.2) is 4.98 Å². The van der Waals surface area contributed by atoms with Gasteiger partial charge < -0.3 is 9.47 Å². The van der Waals surface area contributed by atoms with Crippen molar-refractivity contribution in [3.05, 3.63) is 30.1 Å². The zero-order chi connectivity index (χ0) is 15.5. The monoisotopic (exact) mass is 337 g/mol. The first-order chi connectivity index (χ1) is 10.5. The van der Waals surface area contributed by atoms with Gasteiger partial charge in [0.05, 0.1) is 11.0 Å². The molecular weight excluding hydrogens is 321 g/mol. The molecule has 2 heterocycles. The van der Waals surface area contributed by atoms with E-state index in [9.17, 15) is 4.79 Å². The summed E-state index contributed by atoms with van der Waals surface area (Å²) in [6.45, 7) is 1.48. The standard InChI is InChI=1S/C16H17Cl2N3O/c1-20-8-10(6-14(20)22)15-19-12-4-2-3-5-13(12)21(15)9-11-7-16(11,17)18/h2-5,10-11H,6-9H2,1H3/t10-,11-/m0/s1. The lowest BCUT2D eigenvalue weighted by molar-refractivity contribution is -0.126. The lowest BCUT2D eigenvalue weighted by Crippen LogP contribution is -2.19. The molecule has 116 valence electrons. The van der Waals surface area contributed by atoms with Crippen molar-refractivity contribution in [3.63, 3.8) is 0 Å². The third-order valence-electron chi connectivity index (χ3n) is 4.75. The van der Waals surface area contributed by atoms with Crippen LogP contribution in [0.2, 0.25) is 0 Å². The van der Waals surface area contributed by atoms with Crippen molar-refractivity contribution in [1.82, 2.24) is 14.5 Å². The lowest BCUT2D eigenvalue weighted by Gasteiger charge is -2.14. The fourth-order valence-corrected chi connectivity index (χ4v) is 3.83. The summed E-state index contributed by atoms with van der Waals surface area (Å²) in [6.07, 6.45) is 1.34. The number of hydrogen-bond donors (Lipinski definition) is 0. The Hall–Kier alpha value is -1.26. The Labute approximate surface area is 139 Å². The zero-order valence-electron chi connectivity index (χ0n) is 12.3. The summed E-state index contributed by atoms with van der Waals surface area (Å²) >= 11 is 12.4. The predicted octanol–water partition coefficient (Wildman–Crippen LogP) is 3.18. The molecule has 0 bridgehead atoms. The summed E-state index contributed by atoms with van der Waals surface area (Å²) in [5.41, 5.74) is 2.06. The van der Waals surface area contributed by atoms with E-state index in [4.69, 9.17) is 28.2 Å². The van der Waals surface area contributed by atoms with Crippen LogP contribution in [0.1, 0.15) is 24.6 Å². The average molecular weight is 338 g/mol. The van der Waals surface area contributed by atoms with E-state index >= 15 is 0 Å². The minimum atomic E-state index is -0.606. The van der Waals surface area contributed by atoms with E-state index in [1.165, 1.54) is 0 Å². The fraction of sp³-hybridized carbons (Fsp3) is 0.500. The predicted molar refractivity (Wildman–Crippen MR) is 87.3 cm³/mol. The minimum Gasteiger partial charge on any atom is -0.345 e. The Bertz CT molecular complexity index is 755. The topological polar surface area (TPSA) is 38.1 Å². The molecule has 4 nitrogen and oxygen atoms in total. The molecule has 1 aromatic heterocycles. The molecule has 6 heteroatoms. The number of alkyl halides is 2. The molecule has 1 aliphatic heterocycles. The highest BCUT2D eigenvalue weighted by Crippen LogP contribution is 2.54. The van der Waals surface area contributed by atoms with Crippen LogP contribution < -0.4 is 0 Å². The number of likely N-dealkylation sites (N-methyl/N-ethyl adjacent to an activating group) is 1. The Morgan fingerprint density at radius 3 is 2.73 bits per heavy atom. The maximum Gasteiger partial charge on any atom is 0.223 e. The number of aromatic nitrogens is 2. The van der Waals surface area contributed by atoms with Crippen molar-refractivity contribution < 1.29 is 4.79 Å². The molecule has 0 N–H and O–H groups in total. The van der Waals surface area contributed by atoms with Gasteiger partial charge in [-0.1, -0.05) is 12.1 Å². The van der Waals surface area contributed by atoms with Crippen molar-refractivity contribution in [2.75, 3.05) is 13.6 Å². The number of rotatable bonds is 3. The number of likely N-dealkylation sites (tertiary alicyclic amines) is 1. The maximum absolute atomic E-state index is 11.9. The third kappa shape index (κ3) is 2.29. The molecule has 2 fully saturated rings. The van der Waals surface area contributed by atoms with E-state index in [1.807, 2.05) is 25.2 Å². The number of halogens is 2. The molecule has 4 rings (SSSR count). The molecule has 1 aliphatic carbocycles. The van der Waals surface area contributed by atoms with Crippen LogP contribution in [0.15, 0.2) is 24.3 Å². The lowest BCUT2D eigenvalue weighted by atomic mass is 10.1. The second kappa shape index (κ2) is 4.87. The first-order valence-corrected chi connectivity index (χ1v) is 8.28. The van der Waals surface area contributed by atoms with E-state index in [-0.39, 0.29) is 17.7 Å². The highest BCUT2D eigenvalue weighted by molar-refractivity contribution is 6.50. The first kappa shape index (κ1) is 14.3. The molecule has 0 spiro atoms. The van der Waals surface area contributed by atoms with Gasteiger partial charge in [0.25, 0.3) is 0 Å². The summed E-state index contributed by atoms with van der Waals surface area (Å²) in [5, 5.41) is 0. The van der Waals surface area contributed by atoms with Crippen LogP contribution in [0, 0.1) is 5.92 Å². The van der Waals surface area contributed by atoms with Gasteiger partial charge in [0.15, 0.2) is 0 Å². The Balaban J connectivity index is 1.75. The normalized spacial score (nSPS) is 26.9. The molecule has 1 saturated heterocycles. The van der Waals surface area contributed by atoms with Gasteiger partial charge in [-0.05, 0) is 18.6 Å². The van der Waals surface area contributed by atoms with Crippen LogP contribution >= 0.6 is 23.2 Å². The molecule has 22 heavy (non-hydrogen) atoms. The largest absolute Gasteiger partial charge is 0.345 e. The molecule has 1 amide bonds. The summed E-state index contributed by atoms with van der Waals surface area (Å²) < 4.78 is 1.61. The summed E-state index contributed by atoms with van der Waals surface area (Å²) in [4.78, 5) is 18.4. The molecule has 1 saturated carbocycles. The molecule has 0 radical (unpaired) electrons. The summed E-state index contributed by atoms with van der Waals surface area (Å²) in [5.74, 6) is 1.56. The second-order valence-corrected chi connectivity index (χ2v) is 7.95. The number of amides is 1. The molecule has 2 aromatic rings. The van der Waals surface area contributed by atoms with E-state index in [0.717, 1.165) is 36.4 Å². The number of hydrogen-bond acceptors (Lipinski definition) is 2. The number of carbonyl (C=O) groups excluding carboxylic acids is 1. The number of nitrogens with zero attached hydrogens (tertiary/aromatic N) is 3. The molecule has 2 atom stereocenters. The van der Waals surface area contributed by atoms with Gasteiger partial charge in [-0.2, -0.15) is 0 Å². The van der Waals surface area contributed by atoms with Crippen LogP contribution in [0.3, 0.4) is 0 Å². The highest BCUT2D eigenvalue weighted by atomic mass is 35.5. The number of fused-ring (bicyclic) bond motifs is 1. The van der Waals surface area contributed by atoms with Gasteiger partial charge >= 0.3 is 0 Å². The molecule has 1 aromatic carbocycles. The zero-order valence-corrected chi connectivity index (χ0v) is 13.8. The summed E-state index contributed by atoms with van der Waals surface area (Å²) in [7, 11) is 1.85. The van der Waals surface area contributed by atoms with Gasteiger partial charge in [-0.15, -0.1) is 23.2 Å². The van der Waals surface area contributed by atoms with E-state index < -0.39 is 4.33 Å².